The van der Waals surface area contributed by atoms with Crippen molar-refractivity contribution in [1.82, 2.24) is 0 Å². The number of rotatable bonds is 4. The molecule has 1 rings (SSSR count). The number of hydrogen-bond donors (Lipinski definition) is 1. The zero-order chi connectivity index (χ0) is 11.3. The van der Waals surface area contributed by atoms with Gasteiger partial charge in [0.15, 0.2) is 0 Å². The topological polar surface area (TPSA) is 80.4 Å². The molecule has 0 fully saturated rings. The molecule has 0 aliphatic carbocycles. The summed E-state index contributed by atoms with van der Waals surface area (Å²) in [6.45, 7) is -0.188. The molecular weight excluding hydrogens is 198 g/mol. The number of nitro groups is 1. The molecular formula is C10H9NO4. The number of nitro benzene ring substituents is 1. The van der Waals surface area contributed by atoms with Crippen LogP contribution in [-0.2, 0) is 0 Å². The third kappa shape index (κ3) is 2.72. The van der Waals surface area contributed by atoms with Gasteiger partial charge in [-0.3, -0.25) is 14.9 Å². The van der Waals surface area contributed by atoms with Gasteiger partial charge in [0.1, 0.15) is 6.29 Å². The van der Waals surface area contributed by atoms with Crippen molar-refractivity contribution in [3.05, 3.63) is 45.5 Å². The van der Waals surface area contributed by atoms with Crippen molar-refractivity contribution in [1.29, 1.82) is 0 Å². The van der Waals surface area contributed by atoms with Crippen LogP contribution in [0.2, 0.25) is 0 Å². The molecule has 0 saturated carbocycles. The first-order chi connectivity index (χ1) is 7.19. The van der Waals surface area contributed by atoms with Gasteiger partial charge >= 0.3 is 0 Å². The first kappa shape index (κ1) is 11.1. The number of aliphatic hydroxyl groups excluding tert-OH is 1. The van der Waals surface area contributed by atoms with E-state index < -0.39 is 4.92 Å². The molecule has 0 aromatic heterocycles. The second kappa shape index (κ2) is 5.02. The molecule has 0 atom stereocenters. The van der Waals surface area contributed by atoms with Gasteiger partial charge in [-0.1, -0.05) is 12.1 Å². The van der Waals surface area contributed by atoms with Crippen molar-refractivity contribution in [2.45, 2.75) is 0 Å². The van der Waals surface area contributed by atoms with Gasteiger partial charge in [-0.15, -0.1) is 0 Å². The van der Waals surface area contributed by atoms with Crippen LogP contribution >= 0.6 is 0 Å². The second-order valence-corrected chi connectivity index (χ2v) is 2.78. The quantitative estimate of drug-likeness (QED) is 0.460. The van der Waals surface area contributed by atoms with Crippen molar-refractivity contribution in [3.8, 4) is 0 Å². The summed E-state index contributed by atoms with van der Waals surface area (Å²) < 4.78 is 0. The van der Waals surface area contributed by atoms with Crippen LogP contribution in [0, 0.1) is 10.1 Å². The van der Waals surface area contributed by atoms with Crippen LogP contribution in [0.5, 0.6) is 0 Å². The SMILES string of the molecule is O=Cc1ccc(C=CCO)c([N+](=O)[O-])c1. The van der Waals surface area contributed by atoms with Gasteiger partial charge < -0.3 is 5.11 Å². The van der Waals surface area contributed by atoms with E-state index in [1.807, 2.05) is 0 Å². The van der Waals surface area contributed by atoms with Crippen molar-refractivity contribution in [2.75, 3.05) is 6.61 Å². The fourth-order valence-corrected chi connectivity index (χ4v) is 1.11. The molecule has 0 aliphatic heterocycles. The summed E-state index contributed by atoms with van der Waals surface area (Å²) in [5, 5.41) is 19.2. The van der Waals surface area contributed by atoms with E-state index in [-0.39, 0.29) is 17.9 Å². The molecule has 1 N–H and O–H groups in total. The molecule has 0 aliphatic rings. The molecule has 0 spiro atoms. The average Bonchev–Trinajstić information content (AvgIpc) is 2.26. The van der Waals surface area contributed by atoms with Gasteiger partial charge in [-0.05, 0) is 12.1 Å². The third-order valence-electron chi connectivity index (χ3n) is 1.79. The summed E-state index contributed by atoms with van der Waals surface area (Å²) in [6, 6.07) is 4.15. The number of nitrogens with zero attached hydrogens (tertiary/aromatic N) is 1. The number of carbonyl (C=O) groups excluding carboxylic acids is 1. The van der Waals surface area contributed by atoms with Crippen LogP contribution < -0.4 is 0 Å². The summed E-state index contributed by atoms with van der Waals surface area (Å²) in [5.41, 5.74) is 0.465. The monoisotopic (exact) mass is 207 g/mol. The number of aliphatic hydroxyl groups is 1. The third-order valence-corrected chi connectivity index (χ3v) is 1.79. The Balaban J connectivity index is 3.20. The predicted molar refractivity (Wildman–Crippen MR) is 54.6 cm³/mol. The highest BCUT2D eigenvalue weighted by Gasteiger charge is 2.11. The Morgan fingerprint density at radius 1 is 1.47 bits per heavy atom. The molecule has 0 saturated heterocycles. The highest BCUT2D eigenvalue weighted by Crippen LogP contribution is 2.20. The predicted octanol–water partition coefficient (Wildman–Crippen LogP) is 1.41. The lowest BCUT2D eigenvalue weighted by molar-refractivity contribution is -0.385. The summed E-state index contributed by atoms with van der Waals surface area (Å²) in [4.78, 5) is 20.5. The Morgan fingerprint density at radius 3 is 2.73 bits per heavy atom. The van der Waals surface area contributed by atoms with Crippen molar-refractivity contribution in [2.24, 2.45) is 0 Å². The molecule has 0 radical (unpaired) electrons. The van der Waals surface area contributed by atoms with Gasteiger partial charge in [0.05, 0.1) is 17.1 Å². The first-order valence-corrected chi connectivity index (χ1v) is 4.20. The summed E-state index contributed by atoms with van der Waals surface area (Å²) >= 11 is 0. The van der Waals surface area contributed by atoms with Crippen molar-refractivity contribution < 1.29 is 14.8 Å². The maximum absolute atomic E-state index is 10.6. The molecule has 0 bridgehead atoms. The van der Waals surface area contributed by atoms with Crippen LogP contribution in [0.15, 0.2) is 24.3 Å². The second-order valence-electron chi connectivity index (χ2n) is 2.78. The summed E-state index contributed by atoms with van der Waals surface area (Å²) in [6.07, 6.45) is 3.38. The molecule has 0 unspecified atom stereocenters. The van der Waals surface area contributed by atoms with Crippen molar-refractivity contribution in [3.63, 3.8) is 0 Å². The smallest absolute Gasteiger partial charge is 0.277 e. The minimum absolute atomic E-state index is 0.149. The van der Waals surface area contributed by atoms with E-state index in [0.717, 1.165) is 0 Å². The lowest BCUT2D eigenvalue weighted by atomic mass is 10.1. The molecule has 15 heavy (non-hydrogen) atoms. The maximum Gasteiger partial charge on any atom is 0.277 e. The fourth-order valence-electron chi connectivity index (χ4n) is 1.11. The van der Waals surface area contributed by atoms with Crippen LogP contribution in [0.25, 0.3) is 6.08 Å². The first-order valence-electron chi connectivity index (χ1n) is 4.20. The number of carbonyl (C=O) groups is 1. The van der Waals surface area contributed by atoms with E-state index in [1.54, 1.807) is 0 Å². The van der Waals surface area contributed by atoms with E-state index in [9.17, 15) is 14.9 Å². The Bertz CT molecular complexity index is 412. The van der Waals surface area contributed by atoms with Gasteiger partial charge in [-0.25, -0.2) is 0 Å². The minimum atomic E-state index is -0.565. The molecule has 78 valence electrons. The Morgan fingerprint density at radius 2 is 2.20 bits per heavy atom. The zero-order valence-corrected chi connectivity index (χ0v) is 7.79. The maximum atomic E-state index is 10.6. The number of hydrogen-bond acceptors (Lipinski definition) is 4. The van der Waals surface area contributed by atoms with Crippen LogP contribution in [0.1, 0.15) is 15.9 Å². The van der Waals surface area contributed by atoms with E-state index in [0.29, 0.717) is 11.8 Å². The standard InChI is InChI=1S/C10H9NO4/c12-5-1-2-9-4-3-8(7-13)6-10(9)11(14)15/h1-4,6-7,12H,5H2. The van der Waals surface area contributed by atoms with Gasteiger partial charge in [0, 0.05) is 11.6 Å². The highest BCUT2D eigenvalue weighted by molar-refractivity contribution is 5.78. The number of aldehydes is 1. The van der Waals surface area contributed by atoms with E-state index in [1.165, 1.54) is 30.4 Å². The molecule has 0 heterocycles. The van der Waals surface area contributed by atoms with E-state index in [2.05, 4.69) is 0 Å². The van der Waals surface area contributed by atoms with E-state index >= 15 is 0 Å². The molecule has 0 amide bonds. The van der Waals surface area contributed by atoms with Crippen molar-refractivity contribution >= 4 is 18.0 Å². The zero-order valence-electron chi connectivity index (χ0n) is 7.79. The Kier molecular flexibility index (Phi) is 3.70. The highest BCUT2D eigenvalue weighted by atomic mass is 16.6. The van der Waals surface area contributed by atoms with Crippen LogP contribution in [0.3, 0.4) is 0 Å². The Hall–Kier alpha value is -2.01. The van der Waals surface area contributed by atoms with Gasteiger partial charge in [0.25, 0.3) is 5.69 Å². The Labute approximate surface area is 85.8 Å². The van der Waals surface area contributed by atoms with Gasteiger partial charge in [0.2, 0.25) is 0 Å². The largest absolute Gasteiger partial charge is 0.392 e. The molecule has 5 nitrogen and oxygen atoms in total. The lowest BCUT2D eigenvalue weighted by Crippen LogP contribution is -1.93. The van der Waals surface area contributed by atoms with Crippen LogP contribution in [-0.4, -0.2) is 22.9 Å². The molecule has 5 heteroatoms. The molecule has 1 aromatic rings. The number of benzene rings is 1. The summed E-state index contributed by atoms with van der Waals surface area (Å²) in [5.74, 6) is 0. The molecule has 1 aromatic carbocycles. The van der Waals surface area contributed by atoms with Crippen LogP contribution in [0.4, 0.5) is 5.69 Å². The van der Waals surface area contributed by atoms with Gasteiger partial charge in [-0.2, -0.15) is 0 Å². The lowest BCUT2D eigenvalue weighted by Gasteiger charge is -1.98. The fraction of sp³-hybridized carbons (Fsp3) is 0.100. The summed E-state index contributed by atoms with van der Waals surface area (Å²) in [7, 11) is 0. The van der Waals surface area contributed by atoms with E-state index in [4.69, 9.17) is 5.11 Å². The normalized spacial score (nSPS) is 10.5. The minimum Gasteiger partial charge on any atom is -0.392 e. The average molecular weight is 207 g/mol.